The minimum absolute atomic E-state index is 0.0269. The molecule has 0 saturated carbocycles. The molecule has 0 radical (unpaired) electrons. The lowest BCUT2D eigenvalue weighted by atomic mass is 10.1. The molecule has 0 spiro atoms. The zero-order valence-corrected chi connectivity index (χ0v) is 17.4. The van der Waals surface area contributed by atoms with Crippen LogP contribution in [0.15, 0.2) is 62.7 Å². The predicted molar refractivity (Wildman–Crippen MR) is 111 cm³/mol. The summed E-state index contributed by atoms with van der Waals surface area (Å²) in [5.74, 6) is 0.0269. The van der Waals surface area contributed by atoms with Crippen LogP contribution in [0, 0.1) is 0 Å². The van der Waals surface area contributed by atoms with Crippen molar-refractivity contribution in [2.24, 2.45) is 7.05 Å². The van der Waals surface area contributed by atoms with Crippen molar-refractivity contribution in [3.8, 4) is 5.75 Å². The first-order valence-electron chi connectivity index (χ1n) is 8.99. The third-order valence-electron chi connectivity index (χ3n) is 4.80. The number of aromatic amines is 1. The Balaban J connectivity index is 1.78. The first kappa shape index (κ1) is 20.1. The van der Waals surface area contributed by atoms with Gasteiger partial charge in [-0.05, 0) is 35.9 Å². The minimum atomic E-state index is -2.98. The van der Waals surface area contributed by atoms with Crippen molar-refractivity contribution in [1.82, 2.24) is 19.1 Å². The van der Waals surface area contributed by atoms with Crippen molar-refractivity contribution in [3.05, 3.63) is 85.0 Å². The molecule has 2 heterocycles. The van der Waals surface area contributed by atoms with Crippen LogP contribution < -0.4 is 15.9 Å². The Labute approximate surface area is 177 Å². The highest BCUT2D eigenvalue weighted by Crippen LogP contribution is 2.26. The molecular formula is C20H17BrF2N4O3. The molecule has 0 fully saturated rings. The Morgan fingerprint density at radius 3 is 2.60 bits per heavy atom. The fraction of sp³-hybridized carbons (Fsp3) is 0.200. The number of nitrogens with zero attached hydrogens (tertiary/aromatic N) is 3. The van der Waals surface area contributed by atoms with Gasteiger partial charge in [-0.1, -0.05) is 22.0 Å². The van der Waals surface area contributed by atoms with Gasteiger partial charge in [-0.25, -0.2) is 0 Å². The van der Waals surface area contributed by atoms with Crippen LogP contribution in [0.3, 0.4) is 0 Å². The largest absolute Gasteiger partial charge is 0.434 e. The van der Waals surface area contributed by atoms with Gasteiger partial charge < -0.3 is 4.74 Å². The van der Waals surface area contributed by atoms with Crippen LogP contribution in [0.25, 0.3) is 10.9 Å². The fourth-order valence-corrected chi connectivity index (χ4v) is 3.77. The highest BCUT2D eigenvalue weighted by Gasteiger charge is 2.16. The van der Waals surface area contributed by atoms with Gasteiger partial charge in [0.15, 0.2) is 0 Å². The SMILES string of the molecule is Cn1c(=O)c2ccc(Br)cc2n1Cc1cc(Cn2ccc(=O)[nH]2)ccc1OC(F)F. The van der Waals surface area contributed by atoms with E-state index >= 15 is 0 Å². The second-order valence-corrected chi connectivity index (χ2v) is 7.70. The third kappa shape index (κ3) is 3.95. The molecule has 2 aromatic carbocycles. The average molecular weight is 479 g/mol. The van der Waals surface area contributed by atoms with E-state index in [9.17, 15) is 18.4 Å². The zero-order chi connectivity index (χ0) is 21.4. The van der Waals surface area contributed by atoms with Crippen LogP contribution in [-0.4, -0.2) is 25.8 Å². The molecule has 0 aliphatic heterocycles. The van der Waals surface area contributed by atoms with Crippen molar-refractivity contribution >= 4 is 26.8 Å². The maximum Gasteiger partial charge on any atom is 0.387 e. The number of aromatic nitrogens is 4. The van der Waals surface area contributed by atoms with Crippen molar-refractivity contribution < 1.29 is 13.5 Å². The zero-order valence-electron chi connectivity index (χ0n) is 15.8. The molecule has 1 N–H and O–H groups in total. The van der Waals surface area contributed by atoms with E-state index in [0.29, 0.717) is 23.0 Å². The maximum atomic E-state index is 12.9. The first-order chi connectivity index (χ1) is 14.3. The number of fused-ring (bicyclic) bond motifs is 1. The lowest BCUT2D eigenvalue weighted by Crippen LogP contribution is -2.20. The van der Waals surface area contributed by atoms with Crippen LogP contribution in [0.4, 0.5) is 8.78 Å². The molecule has 0 aliphatic carbocycles. The third-order valence-corrected chi connectivity index (χ3v) is 5.29. The first-order valence-corrected chi connectivity index (χ1v) is 9.78. The van der Waals surface area contributed by atoms with Crippen molar-refractivity contribution in [1.29, 1.82) is 0 Å². The summed E-state index contributed by atoms with van der Waals surface area (Å²) >= 11 is 3.40. The van der Waals surface area contributed by atoms with E-state index in [0.717, 1.165) is 10.0 Å². The number of nitrogens with one attached hydrogen (secondary N) is 1. The molecule has 156 valence electrons. The topological polar surface area (TPSA) is 74.0 Å². The predicted octanol–water partition coefficient (Wildman–Crippen LogP) is 3.29. The second-order valence-electron chi connectivity index (χ2n) is 6.79. The summed E-state index contributed by atoms with van der Waals surface area (Å²) in [6.45, 7) is -2.49. The quantitative estimate of drug-likeness (QED) is 0.462. The molecule has 0 atom stereocenters. The van der Waals surface area contributed by atoms with E-state index < -0.39 is 6.61 Å². The van der Waals surface area contributed by atoms with E-state index in [2.05, 4.69) is 21.0 Å². The Hall–Kier alpha value is -3.14. The molecule has 4 rings (SSSR count). The maximum absolute atomic E-state index is 12.9. The van der Waals surface area contributed by atoms with E-state index in [1.165, 1.54) is 16.8 Å². The molecular weight excluding hydrogens is 462 g/mol. The van der Waals surface area contributed by atoms with E-state index in [1.54, 1.807) is 52.9 Å². The molecule has 0 amide bonds. The number of hydrogen-bond acceptors (Lipinski definition) is 3. The Kier molecular flexibility index (Phi) is 5.33. The summed E-state index contributed by atoms with van der Waals surface area (Å²) in [4.78, 5) is 23.9. The Bertz CT molecular complexity index is 1340. The number of ether oxygens (including phenoxy) is 1. The van der Waals surface area contributed by atoms with Gasteiger partial charge in [0, 0.05) is 29.3 Å². The summed E-state index contributed by atoms with van der Waals surface area (Å²) in [5, 5.41) is 3.16. The molecule has 0 unspecified atom stereocenters. The number of benzene rings is 2. The number of rotatable bonds is 6. The normalized spacial score (nSPS) is 11.5. The summed E-state index contributed by atoms with van der Waals surface area (Å²) in [6.07, 6.45) is 1.60. The van der Waals surface area contributed by atoms with Crippen LogP contribution in [0.1, 0.15) is 11.1 Å². The van der Waals surface area contributed by atoms with Gasteiger partial charge in [0.2, 0.25) is 0 Å². The fourth-order valence-electron chi connectivity index (χ4n) is 3.43. The Morgan fingerprint density at radius 2 is 1.90 bits per heavy atom. The highest BCUT2D eigenvalue weighted by molar-refractivity contribution is 9.10. The lowest BCUT2D eigenvalue weighted by molar-refractivity contribution is -0.0505. The van der Waals surface area contributed by atoms with E-state index in [4.69, 9.17) is 4.74 Å². The van der Waals surface area contributed by atoms with E-state index in [1.807, 2.05) is 0 Å². The van der Waals surface area contributed by atoms with Gasteiger partial charge in [-0.2, -0.15) is 8.78 Å². The molecule has 0 bridgehead atoms. The molecule has 10 heteroatoms. The number of hydrogen-bond donors (Lipinski definition) is 1. The van der Waals surface area contributed by atoms with Gasteiger partial charge in [-0.15, -0.1) is 0 Å². The lowest BCUT2D eigenvalue weighted by Gasteiger charge is -2.15. The van der Waals surface area contributed by atoms with Crippen molar-refractivity contribution in [2.75, 3.05) is 0 Å². The van der Waals surface area contributed by atoms with Crippen molar-refractivity contribution in [3.63, 3.8) is 0 Å². The Morgan fingerprint density at radius 1 is 1.10 bits per heavy atom. The number of H-pyrrole nitrogens is 1. The molecule has 0 saturated heterocycles. The van der Waals surface area contributed by atoms with Gasteiger partial charge in [0.25, 0.3) is 11.1 Å². The van der Waals surface area contributed by atoms with Crippen LogP contribution in [0.5, 0.6) is 5.75 Å². The van der Waals surface area contributed by atoms with Crippen LogP contribution in [-0.2, 0) is 20.1 Å². The highest BCUT2D eigenvalue weighted by atomic mass is 79.9. The standard InChI is InChI=1S/C20H17BrF2N4O3/c1-25-19(29)15-4-3-14(21)9-16(15)27(25)11-13-8-12(2-5-17(13)30-20(22)23)10-26-7-6-18(28)24-26/h2-9,20H,10-11H2,1H3,(H,24,28). The van der Waals surface area contributed by atoms with Crippen molar-refractivity contribution in [2.45, 2.75) is 19.7 Å². The minimum Gasteiger partial charge on any atom is -0.434 e. The molecule has 0 aliphatic rings. The number of halogens is 3. The summed E-state index contributed by atoms with van der Waals surface area (Å²) in [6, 6.07) is 11.5. The monoisotopic (exact) mass is 478 g/mol. The smallest absolute Gasteiger partial charge is 0.387 e. The molecule has 4 aromatic rings. The summed E-state index contributed by atoms with van der Waals surface area (Å²) in [7, 11) is 1.62. The van der Waals surface area contributed by atoms with Gasteiger partial charge >= 0.3 is 6.61 Å². The van der Waals surface area contributed by atoms with Gasteiger partial charge in [0.1, 0.15) is 5.75 Å². The van der Waals surface area contributed by atoms with Crippen LogP contribution >= 0.6 is 15.9 Å². The summed E-state index contributed by atoms with van der Waals surface area (Å²) < 4.78 is 36.1. The molecule has 7 nitrogen and oxygen atoms in total. The van der Waals surface area contributed by atoms with E-state index in [-0.39, 0.29) is 23.4 Å². The number of alkyl halides is 2. The van der Waals surface area contributed by atoms with Gasteiger partial charge in [-0.3, -0.25) is 28.7 Å². The molecule has 30 heavy (non-hydrogen) atoms. The van der Waals surface area contributed by atoms with Gasteiger partial charge in [0.05, 0.1) is 24.0 Å². The average Bonchev–Trinajstić information content (AvgIpc) is 3.19. The summed E-state index contributed by atoms with van der Waals surface area (Å²) in [5.41, 5.74) is 1.51. The second kappa shape index (κ2) is 7.94. The molecule has 2 aromatic heterocycles. The van der Waals surface area contributed by atoms with Crippen LogP contribution in [0.2, 0.25) is 0 Å².